The van der Waals surface area contributed by atoms with Crippen LogP contribution in [-0.4, -0.2) is 48.7 Å². The standard InChI is InChI=1S/C25H25N3O5/c1-16-13-19(17(2)28(16)18-9-5-4-6-10-18)25(31)32-15-23(29)27-14-22(24(30)26-3)33-21-12-8-7-11-20(21)27/h4-13,22H,14-15H2,1-3H3,(H,26,30). The van der Waals surface area contributed by atoms with Crippen LogP contribution in [0.1, 0.15) is 21.7 Å². The molecule has 8 nitrogen and oxygen atoms in total. The van der Waals surface area contributed by atoms with Gasteiger partial charge in [-0.1, -0.05) is 30.3 Å². The Morgan fingerprint density at radius 3 is 2.48 bits per heavy atom. The van der Waals surface area contributed by atoms with Gasteiger partial charge in [0.1, 0.15) is 5.75 Å². The van der Waals surface area contributed by atoms with Gasteiger partial charge in [0.25, 0.3) is 11.8 Å². The van der Waals surface area contributed by atoms with E-state index in [2.05, 4.69) is 5.32 Å². The van der Waals surface area contributed by atoms with Crippen molar-refractivity contribution in [3.63, 3.8) is 0 Å². The minimum absolute atomic E-state index is 0.0234. The van der Waals surface area contributed by atoms with Crippen LogP contribution in [0.4, 0.5) is 5.69 Å². The minimum atomic E-state index is -0.852. The molecule has 0 fully saturated rings. The molecule has 2 amide bonds. The summed E-state index contributed by atoms with van der Waals surface area (Å²) in [6.45, 7) is 3.31. The molecule has 8 heteroatoms. The Labute approximate surface area is 191 Å². The molecule has 1 aliphatic heterocycles. The number of benzene rings is 2. The number of hydrogen-bond donors (Lipinski definition) is 1. The second-order valence-corrected chi connectivity index (χ2v) is 7.72. The lowest BCUT2D eigenvalue weighted by Crippen LogP contribution is -2.51. The van der Waals surface area contributed by atoms with E-state index in [9.17, 15) is 14.4 Å². The normalized spacial score (nSPS) is 14.8. The van der Waals surface area contributed by atoms with Crippen molar-refractivity contribution in [3.05, 3.63) is 77.6 Å². The molecule has 0 saturated heterocycles. The van der Waals surface area contributed by atoms with E-state index in [1.807, 2.05) is 48.7 Å². The van der Waals surface area contributed by atoms with E-state index in [0.717, 1.165) is 17.1 Å². The first-order valence-corrected chi connectivity index (χ1v) is 10.6. The number of rotatable bonds is 5. The monoisotopic (exact) mass is 447 g/mol. The average molecular weight is 447 g/mol. The first kappa shape index (κ1) is 22.1. The highest BCUT2D eigenvalue weighted by Gasteiger charge is 2.33. The number of nitrogens with zero attached hydrogens (tertiary/aromatic N) is 2. The Bertz CT molecular complexity index is 1200. The second kappa shape index (κ2) is 9.20. The van der Waals surface area contributed by atoms with Gasteiger partial charge >= 0.3 is 5.97 Å². The fraction of sp³-hybridized carbons (Fsp3) is 0.240. The highest BCUT2D eigenvalue weighted by Crippen LogP contribution is 2.33. The van der Waals surface area contributed by atoms with Gasteiger partial charge in [0.15, 0.2) is 12.7 Å². The number of para-hydroxylation sites is 3. The number of carbonyl (C=O) groups excluding carboxylic acids is 3. The molecule has 1 unspecified atom stereocenters. The van der Waals surface area contributed by atoms with Gasteiger partial charge < -0.3 is 24.3 Å². The molecule has 4 rings (SSSR count). The maximum absolute atomic E-state index is 13.0. The highest BCUT2D eigenvalue weighted by molar-refractivity contribution is 6.00. The van der Waals surface area contributed by atoms with Crippen LogP contribution in [0.2, 0.25) is 0 Å². The lowest BCUT2D eigenvalue weighted by atomic mass is 10.1. The van der Waals surface area contributed by atoms with Crippen molar-refractivity contribution >= 4 is 23.5 Å². The topological polar surface area (TPSA) is 89.9 Å². The van der Waals surface area contributed by atoms with Crippen molar-refractivity contribution in [2.75, 3.05) is 25.1 Å². The van der Waals surface area contributed by atoms with Gasteiger partial charge in [-0.25, -0.2) is 4.79 Å². The zero-order valence-corrected chi connectivity index (χ0v) is 18.7. The number of hydrogen-bond acceptors (Lipinski definition) is 5. The van der Waals surface area contributed by atoms with Crippen molar-refractivity contribution in [3.8, 4) is 11.4 Å². The Balaban J connectivity index is 1.50. The molecule has 170 valence electrons. The molecule has 1 N–H and O–H groups in total. The third-order valence-corrected chi connectivity index (χ3v) is 5.61. The molecule has 33 heavy (non-hydrogen) atoms. The van der Waals surface area contributed by atoms with Crippen molar-refractivity contribution in [1.29, 1.82) is 0 Å². The molecule has 3 aromatic rings. The van der Waals surface area contributed by atoms with Crippen molar-refractivity contribution in [2.45, 2.75) is 20.0 Å². The van der Waals surface area contributed by atoms with Crippen molar-refractivity contribution in [1.82, 2.24) is 9.88 Å². The highest BCUT2D eigenvalue weighted by atomic mass is 16.5. The summed E-state index contributed by atoms with van der Waals surface area (Å²) in [5, 5.41) is 2.53. The molecule has 0 spiro atoms. The number of aromatic nitrogens is 1. The minimum Gasteiger partial charge on any atom is -0.477 e. The smallest absolute Gasteiger partial charge is 0.340 e. The summed E-state index contributed by atoms with van der Waals surface area (Å²) in [5.41, 5.74) is 3.48. The Morgan fingerprint density at radius 2 is 1.76 bits per heavy atom. The van der Waals surface area contributed by atoms with Gasteiger partial charge in [0, 0.05) is 24.1 Å². The summed E-state index contributed by atoms with van der Waals surface area (Å²) in [7, 11) is 1.51. The second-order valence-electron chi connectivity index (χ2n) is 7.72. The summed E-state index contributed by atoms with van der Waals surface area (Å²) in [5.74, 6) is -0.941. The fourth-order valence-electron chi connectivity index (χ4n) is 3.99. The summed E-state index contributed by atoms with van der Waals surface area (Å²) < 4.78 is 13.1. The molecule has 1 atom stereocenters. The van der Waals surface area contributed by atoms with Crippen LogP contribution >= 0.6 is 0 Å². The van der Waals surface area contributed by atoms with E-state index in [4.69, 9.17) is 9.47 Å². The third kappa shape index (κ3) is 4.32. The van der Waals surface area contributed by atoms with E-state index in [1.54, 1.807) is 30.3 Å². The number of nitrogens with one attached hydrogen (secondary N) is 1. The molecule has 0 aliphatic carbocycles. The first-order chi connectivity index (χ1) is 15.9. The van der Waals surface area contributed by atoms with Gasteiger partial charge in [-0.2, -0.15) is 0 Å². The van der Waals surface area contributed by atoms with Crippen LogP contribution in [0.25, 0.3) is 5.69 Å². The van der Waals surface area contributed by atoms with Gasteiger partial charge in [0.05, 0.1) is 17.8 Å². The van der Waals surface area contributed by atoms with E-state index in [-0.39, 0.29) is 12.5 Å². The molecule has 1 aromatic heterocycles. The van der Waals surface area contributed by atoms with Gasteiger partial charge in [-0.15, -0.1) is 0 Å². The molecule has 1 aliphatic rings. The number of ether oxygens (including phenoxy) is 2. The zero-order valence-electron chi connectivity index (χ0n) is 18.7. The summed E-state index contributed by atoms with van der Waals surface area (Å²) in [6, 6.07) is 18.4. The van der Waals surface area contributed by atoms with Crippen LogP contribution in [0.3, 0.4) is 0 Å². The van der Waals surface area contributed by atoms with Crippen molar-refractivity contribution < 1.29 is 23.9 Å². The summed E-state index contributed by atoms with van der Waals surface area (Å²) in [4.78, 5) is 39.3. The van der Waals surface area contributed by atoms with Gasteiger partial charge in [-0.05, 0) is 44.2 Å². The van der Waals surface area contributed by atoms with E-state index in [0.29, 0.717) is 17.0 Å². The number of fused-ring (bicyclic) bond motifs is 1. The average Bonchev–Trinajstić information content (AvgIpc) is 3.15. The van der Waals surface area contributed by atoms with E-state index in [1.165, 1.54) is 11.9 Å². The lowest BCUT2D eigenvalue weighted by molar-refractivity contribution is -0.128. The number of anilines is 1. The quantitative estimate of drug-likeness (QED) is 0.608. The Morgan fingerprint density at radius 1 is 1.06 bits per heavy atom. The zero-order chi connectivity index (χ0) is 23.5. The van der Waals surface area contributed by atoms with Crippen LogP contribution < -0.4 is 15.0 Å². The van der Waals surface area contributed by atoms with Crippen LogP contribution in [0.5, 0.6) is 5.75 Å². The molecule has 0 saturated carbocycles. The number of likely N-dealkylation sites (N-methyl/N-ethyl adjacent to an activating group) is 1. The maximum Gasteiger partial charge on any atom is 0.340 e. The maximum atomic E-state index is 13.0. The van der Waals surface area contributed by atoms with Gasteiger partial charge in [-0.3, -0.25) is 9.59 Å². The van der Waals surface area contributed by atoms with Crippen LogP contribution in [0, 0.1) is 13.8 Å². The molecule has 0 bridgehead atoms. The fourth-order valence-corrected chi connectivity index (χ4v) is 3.99. The van der Waals surface area contributed by atoms with E-state index >= 15 is 0 Å². The Hall–Kier alpha value is -4.07. The summed E-state index contributed by atoms with van der Waals surface area (Å²) in [6.07, 6.45) is -0.852. The Kier molecular flexibility index (Phi) is 6.17. The largest absolute Gasteiger partial charge is 0.477 e. The lowest BCUT2D eigenvalue weighted by Gasteiger charge is -2.33. The molecular weight excluding hydrogens is 422 g/mol. The number of carbonyl (C=O) groups is 3. The molecule has 2 heterocycles. The van der Waals surface area contributed by atoms with Crippen LogP contribution in [-0.2, 0) is 14.3 Å². The van der Waals surface area contributed by atoms with E-state index < -0.39 is 24.6 Å². The number of aryl methyl sites for hydroxylation is 1. The molecular formula is C25H25N3O5. The molecule has 2 aromatic carbocycles. The molecule has 0 radical (unpaired) electrons. The number of esters is 1. The van der Waals surface area contributed by atoms with Gasteiger partial charge in [0.2, 0.25) is 0 Å². The first-order valence-electron chi connectivity index (χ1n) is 10.6. The SMILES string of the molecule is CNC(=O)C1CN(C(=O)COC(=O)c2cc(C)n(-c3ccccc3)c2C)c2ccccc2O1. The van der Waals surface area contributed by atoms with Crippen molar-refractivity contribution in [2.24, 2.45) is 0 Å². The predicted octanol–water partition coefficient (Wildman–Crippen LogP) is 2.79. The third-order valence-electron chi connectivity index (χ3n) is 5.61. The summed E-state index contributed by atoms with van der Waals surface area (Å²) >= 11 is 0. The predicted molar refractivity (Wildman–Crippen MR) is 123 cm³/mol. The van der Waals surface area contributed by atoms with Crippen LogP contribution in [0.15, 0.2) is 60.7 Å². The number of amides is 2.